The maximum atomic E-state index is 9.32. The minimum atomic E-state index is 0.748. The lowest BCUT2D eigenvalue weighted by Crippen LogP contribution is -2.31. The van der Waals surface area contributed by atoms with Crippen molar-refractivity contribution >= 4 is 11.4 Å². The van der Waals surface area contributed by atoms with E-state index in [1.807, 2.05) is 31.2 Å². The lowest BCUT2D eigenvalue weighted by Gasteiger charge is -2.32. The van der Waals surface area contributed by atoms with E-state index in [9.17, 15) is 5.26 Å². The Morgan fingerprint density at radius 2 is 2.10 bits per heavy atom. The molecule has 0 fully saturated rings. The molecular weight excluding hydrogens is 246 g/mol. The van der Waals surface area contributed by atoms with Crippen LogP contribution in [-0.2, 0) is 13.0 Å². The number of hydrogen-bond acceptors (Lipinski definition) is 3. The summed E-state index contributed by atoms with van der Waals surface area (Å²) in [6, 6.07) is 14.4. The fraction of sp³-hybridized carbons (Fsp3) is 0.235. The highest BCUT2D eigenvalue weighted by molar-refractivity contribution is 5.63. The summed E-state index contributed by atoms with van der Waals surface area (Å²) in [6.07, 6.45) is 0.931. The van der Waals surface area contributed by atoms with E-state index >= 15 is 0 Å². The molecule has 0 amide bonds. The molecule has 0 saturated heterocycles. The largest absolute Gasteiger partial charge is 0.398 e. The van der Waals surface area contributed by atoms with Crippen molar-refractivity contribution < 1.29 is 0 Å². The van der Waals surface area contributed by atoms with E-state index in [0.29, 0.717) is 0 Å². The molecule has 3 rings (SSSR count). The third-order valence-corrected chi connectivity index (χ3v) is 3.92. The molecule has 0 aromatic heterocycles. The second-order valence-electron chi connectivity index (χ2n) is 5.29. The quantitative estimate of drug-likeness (QED) is 0.805. The number of nitriles is 1. The smallest absolute Gasteiger partial charge is 0.101 e. The van der Waals surface area contributed by atoms with Gasteiger partial charge in [-0.15, -0.1) is 0 Å². The third-order valence-electron chi connectivity index (χ3n) is 3.92. The van der Waals surface area contributed by atoms with Gasteiger partial charge < -0.3 is 10.6 Å². The van der Waals surface area contributed by atoms with Crippen molar-refractivity contribution in [3.63, 3.8) is 0 Å². The predicted octanol–water partition coefficient (Wildman–Crippen LogP) is 3.01. The summed E-state index contributed by atoms with van der Waals surface area (Å²) in [7, 11) is 0. The van der Waals surface area contributed by atoms with Gasteiger partial charge in [0.2, 0.25) is 0 Å². The molecule has 0 unspecified atom stereocenters. The third kappa shape index (κ3) is 2.10. The molecule has 2 N–H and O–H groups in total. The van der Waals surface area contributed by atoms with Crippen LogP contribution in [0.4, 0.5) is 11.4 Å². The molecule has 0 aliphatic carbocycles. The van der Waals surface area contributed by atoms with E-state index in [4.69, 9.17) is 5.73 Å². The molecule has 100 valence electrons. The zero-order valence-electron chi connectivity index (χ0n) is 11.6. The molecular formula is C17H17N3. The van der Waals surface area contributed by atoms with Crippen LogP contribution < -0.4 is 10.6 Å². The Balaban J connectivity index is 1.97. The molecule has 20 heavy (non-hydrogen) atoms. The van der Waals surface area contributed by atoms with Crippen LogP contribution in [-0.4, -0.2) is 6.54 Å². The molecule has 1 aliphatic heterocycles. The van der Waals surface area contributed by atoms with Gasteiger partial charge in [0.05, 0.1) is 11.3 Å². The Kier molecular flexibility index (Phi) is 3.08. The van der Waals surface area contributed by atoms with Crippen molar-refractivity contribution in [1.29, 1.82) is 5.26 Å². The highest BCUT2D eigenvalue weighted by Crippen LogP contribution is 2.29. The van der Waals surface area contributed by atoms with Gasteiger partial charge in [-0.1, -0.05) is 18.2 Å². The Bertz CT molecular complexity index is 698. The van der Waals surface area contributed by atoms with Crippen LogP contribution in [0.15, 0.2) is 36.4 Å². The molecule has 2 aromatic rings. The number of aryl methyl sites for hydroxylation is 1. The number of hydrogen-bond donors (Lipinski definition) is 1. The lowest BCUT2D eigenvalue weighted by molar-refractivity contribution is 0.732. The molecule has 0 spiro atoms. The molecule has 0 atom stereocenters. The Morgan fingerprint density at radius 1 is 1.25 bits per heavy atom. The van der Waals surface area contributed by atoms with Crippen LogP contribution in [0.1, 0.15) is 22.3 Å². The lowest BCUT2D eigenvalue weighted by atomic mass is 9.97. The number of nitrogen functional groups attached to an aromatic ring is 1. The second kappa shape index (κ2) is 4.90. The van der Waals surface area contributed by atoms with Gasteiger partial charge in [0.15, 0.2) is 0 Å². The number of fused-ring (bicyclic) bond motifs is 1. The van der Waals surface area contributed by atoms with E-state index < -0.39 is 0 Å². The molecule has 1 aliphatic rings. The highest BCUT2D eigenvalue weighted by atomic mass is 15.1. The fourth-order valence-electron chi connectivity index (χ4n) is 2.86. The maximum Gasteiger partial charge on any atom is 0.101 e. The summed E-state index contributed by atoms with van der Waals surface area (Å²) >= 11 is 0. The molecule has 1 heterocycles. The van der Waals surface area contributed by atoms with Crippen LogP contribution in [0.3, 0.4) is 0 Å². The molecule has 3 nitrogen and oxygen atoms in total. The highest BCUT2D eigenvalue weighted by Gasteiger charge is 2.20. The maximum absolute atomic E-state index is 9.32. The van der Waals surface area contributed by atoms with Crippen LogP contribution in [0, 0.1) is 18.3 Å². The van der Waals surface area contributed by atoms with Crippen molar-refractivity contribution in [2.24, 2.45) is 0 Å². The molecule has 0 radical (unpaired) electrons. The van der Waals surface area contributed by atoms with Gasteiger partial charge in [0.1, 0.15) is 6.07 Å². The molecule has 2 aromatic carbocycles. The summed E-state index contributed by atoms with van der Waals surface area (Å²) in [6.45, 7) is 3.73. The van der Waals surface area contributed by atoms with Gasteiger partial charge in [-0.2, -0.15) is 5.26 Å². The Labute approximate surface area is 119 Å². The Hall–Kier alpha value is -2.47. The normalized spacial score (nSPS) is 13.7. The first-order valence-electron chi connectivity index (χ1n) is 6.81. The number of rotatable bonds is 1. The number of nitrogens with zero attached hydrogens (tertiary/aromatic N) is 2. The van der Waals surface area contributed by atoms with E-state index in [2.05, 4.69) is 23.1 Å². The number of benzene rings is 2. The van der Waals surface area contributed by atoms with Crippen LogP contribution in [0.2, 0.25) is 0 Å². The molecule has 3 heteroatoms. The fourth-order valence-corrected chi connectivity index (χ4v) is 2.86. The van der Waals surface area contributed by atoms with E-state index in [0.717, 1.165) is 42.0 Å². The van der Waals surface area contributed by atoms with Crippen molar-refractivity contribution in [2.75, 3.05) is 17.2 Å². The first kappa shape index (κ1) is 12.6. The predicted molar refractivity (Wildman–Crippen MR) is 81.5 cm³/mol. The summed E-state index contributed by atoms with van der Waals surface area (Å²) < 4.78 is 0. The number of anilines is 2. The first-order chi connectivity index (χ1) is 9.69. The summed E-state index contributed by atoms with van der Waals surface area (Å²) in [5.74, 6) is 0. The summed E-state index contributed by atoms with van der Waals surface area (Å²) in [5, 5.41) is 9.32. The van der Waals surface area contributed by atoms with Crippen molar-refractivity contribution in [2.45, 2.75) is 19.9 Å². The van der Waals surface area contributed by atoms with Gasteiger partial charge in [0.25, 0.3) is 0 Å². The van der Waals surface area contributed by atoms with E-state index in [1.165, 1.54) is 11.1 Å². The van der Waals surface area contributed by atoms with Crippen molar-refractivity contribution in [3.05, 3.63) is 58.7 Å². The Morgan fingerprint density at radius 3 is 2.90 bits per heavy atom. The van der Waals surface area contributed by atoms with Crippen molar-refractivity contribution in [3.8, 4) is 6.07 Å². The van der Waals surface area contributed by atoms with E-state index in [-0.39, 0.29) is 0 Å². The van der Waals surface area contributed by atoms with Gasteiger partial charge in [-0.3, -0.25) is 0 Å². The zero-order valence-corrected chi connectivity index (χ0v) is 11.6. The SMILES string of the molecule is Cc1ccc(N2CCc3c(N)cccc3C2)c(C#N)c1. The average molecular weight is 263 g/mol. The van der Waals surface area contributed by atoms with Crippen LogP contribution >= 0.6 is 0 Å². The number of nitrogens with two attached hydrogens (primary N) is 1. The van der Waals surface area contributed by atoms with Crippen LogP contribution in [0.25, 0.3) is 0 Å². The average Bonchev–Trinajstić information content (AvgIpc) is 2.47. The van der Waals surface area contributed by atoms with E-state index in [1.54, 1.807) is 0 Å². The van der Waals surface area contributed by atoms with Gasteiger partial charge >= 0.3 is 0 Å². The first-order valence-corrected chi connectivity index (χ1v) is 6.81. The summed E-state index contributed by atoms with van der Waals surface area (Å²) in [5.41, 5.74) is 12.3. The minimum absolute atomic E-state index is 0.748. The van der Waals surface area contributed by atoms with Gasteiger partial charge in [-0.25, -0.2) is 0 Å². The second-order valence-corrected chi connectivity index (χ2v) is 5.29. The standard InChI is InChI=1S/C17H17N3/c1-12-5-6-17(14(9-12)10-18)20-8-7-15-13(11-20)3-2-4-16(15)19/h2-6,9H,7-8,11,19H2,1H3. The minimum Gasteiger partial charge on any atom is -0.398 e. The van der Waals surface area contributed by atoms with Gasteiger partial charge in [0, 0.05) is 18.8 Å². The van der Waals surface area contributed by atoms with Crippen LogP contribution in [0.5, 0.6) is 0 Å². The topological polar surface area (TPSA) is 53.0 Å². The summed E-state index contributed by atoms with van der Waals surface area (Å²) in [4.78, 5) is 2.26. The monoisotopic (exact) mass is 263 g/mol. The zero-order chi connectivity index (χ0) is 14.1. The molecule has 0 saturated carbocycles. The molecule has 0 bridgehead atoms. The van der Waals surface area contributed by atoms with Crippen molar-refractivity contribution in [1.82, 2.24) is 0 Å². The van der Waals surface area contributed by atoms with Gasteiger partial charge in [-0.05, 0) is 48.2 Å².